The molecule has 2 aliphatic rings. The molecular weight excluding hydrogens is 342 g/mol. The van der Waals surface area contributed by atoms with Crippen molar-refractivity contribution in [2.75, 3.05) is 39.8 Å². The lowest BCUT2D eigenvalue weighted by molar-refractivity contribution is 0.113. The smallest absolute Gasteiger partial charge is 0.194 e. The summed E-state index contributed by atoms with van der Waals surface area (Å²) in [5, 5.41) is 11.9. The molecule has 8 heteroatoms. The van der Waals surface area contributed by atoms with Crippen LogP contribution in [-0.2, 0) is 18.3 Å². The van der Waals surface area contributed by atoms with Gasteiger partial charge in [-0.3, -0.25) is 4.90 Å². The molecule has 27 heavy (non-hydrogen) atoms. The van der Waals surface area contributed by atoms with Gasteiger partial charge in [0.1, 0.15) is 12.4 Å². The Balaban J connectivity index is 1.65. The summed E-state index contributed by atoms with van der Waals surface area (Å²) in [7, 11) is 4.12. The molecule has 0 amide bonds. The van der Waals surface area contributed by atoms with Crippen LogP contribution in [0.1, 0.15) is 44.3 Å². The van der Waals surface area contributed by atoms with E-state index in [4.69, 9.17) is 9.73 Å². The Hall–Kier alpha value is -1.67. The summed E-state index contributed by atoms with van der Waals surface area (Å²) < 4.78 is 7.76. The zero-order valence-corrected chi connectivity index (χ0v) is 17.3. The quantitative estimate of drug-likeness (QED) is 0.568. The van der Waals surface area contributed by atoms with Crippen molar-refractivity contribution in [2.24, 2.45) is 12.0 Å². The normalized spacial score (nSPS) is 23.9. The van der Waals surface area contributed by atoms with Crippen molar-refractivity contribution in [1.82, 2.24) is 29.9 Å². The minimum absolute atomic E-state index is 0.291. The molecule has 2 saturated heterocycles. The number of likely N-dealkylation sites (N-methyl/N-ethyl adjacent to an activating group) is 2. The molecule has 152 valence electrons. The SMILES string of the molecule is CCN1CCCC1CN(C)C(=NCc1nnc(C)n1C)NCC1CCCO1. The van der Waals surface area contributed by atoms with Crippen molar-refractivity contribution in [3.63, 3.8) is 0 Å². The van der Waals surface area contributed by atoms with Crippen molar-refractivity contribution >= 4 is 5.96 Å². The minimum Gasteiger partial charge on any atom is -0.376 e. The lowest BCUT2D eigenvalue weighted by atomic mass is 10.2. The van der Waals surface area contributed by atoms with Gasteiger partial charge in [0.2, 0.25) is 0 Å². The van der Waals surface area contributed by atoms with Gasteiger partial charge in [0, 0.05) is 39.8 Å². The van der Waals surface area contributed by atoms with Gasteiger partial charge in [-0.1, -0.05) is 6.92 Å². The fourth-order valence-electron chi connectivity index (χ4n) is 3.98. The number of ether oxygens (including phenoxy) is 1. The number of hydrogen-bond acceptors (Lipinski definition) is 5. The highest BCUT2D eigenvalue weighted by atomic mass is 16.5. The summed E-state index contributed by atoms with van der Waals surface area (Å²) in [5.41, 5.74) is 0. The summed E-state index contributed by atoms with van der Waals surface area (Å²) in [6.07, 6.45) is 5.12. The second kappa shape index (κ2) is 9.50. The average Bonchev–Trinajstić information content (AvgIpc) is 3.39. The van der Waals surface area contributed by atoms with Gasteiger partial charge in [0.15, 0.2) is 11.8 Å². The van der Waals surface area contributed by atoms with E-state index in [9.17, 15) is 0 Å². The maximum atomic E-state index is 5.77. The van der Waals surface area contributed by atoms with Gasteiger partial charge >= 0.3 is 0 Å². The molecule has 0 bridgehead atoms. The third-order valence-electron chi connectivity index (χ3n) is 5.82. The molecule has 0 aliphatic carbocycles. The van der Waals surface area contributed by atoms with Crippen molar-refractivity contribution in [2.45, 2.75) is 58.2 Å². The molecule has 8 nitrogen and oxygen atoms in total. The molecule has 2 unspecified atom stereocenters. The highest BCUT2D eigenvalue weighted by Gasteiger charge is 2.25. The Morgan fingerprint density at radius 3 is 2.85 bits per heavy atom. The van der Waals surface area contributed by atoms with Gasteiger partial charge in [0.05, 0.1) is 6.10 Å². The van der Waals surface area contributed by atoms with Crippen molar-refractivity contribution in [3.8, 4) is 0 Å². The first-order chi connectivity index (χ1) is 13.1. The summed E-state index contributed by atoms with van der Waals surface area (Å²) in [5.74, 6) is 2.72. The molecule has 3 heterocycles. The summed E-state index contributed by atoms with van der Waals surface area (Å²) in [4.78, 5) is 9.69. The van der Waals surface area contributed by atoms with E-state index in [-0.39, 0.29) is 0 Å². The summed E-state index contributed by atoms with van der Waals surface area (Å²) in [6.45, 7) is 9.74. The number of aliphatic imine (C=N–C) groups is 1. The second-order valence-corrected chi connectivity index (χ2v) is 7.68. The number of likely N-dealkylation sites (tertiary alicyclic amines) is 1. The number of rotatable bonds is 7. The minimum atomic E-state index is 0.291. The summed E-state index contributed by atoms with van der Waals surface area (Å²) >= 11 is 0. The van der Waals surface area contributed by atoms with Gasteiger partial charge in [-0.25, -0.2) is 4.99 Å². The third-order valence-corrected chi connectivity index (χ3v) is 5.82. The number of guanidine groups is 1. The molecule has 2 aliphatic heterocycles. The molecule has 1 aromatic heterocycles. The van der Waals surface area contributed by atoms with Crippen LogP contribution >= 0.6 is 0 Å². The van der Waals surface area contributed by atoms with Crippen LogP contribution in [0.15, 0.2) is 4.99 Å². The third kappa shape index (κ3) is 5.19. The Morgan fingerprint density at radius 2 is 2.19 bits per heavy atom. The molecule has 0 saturated carbocycles. The van der Waals surface area contributed by atoms with Gasteiger partial charge in [-0.15, -0.1) is 10.2 Å². The largest absolute Gasteiger partial charge is 0.376 e. The van der Waals surface area contributed by atoms with Crippen LogP contribution in [0.3, 0.4) is 0 Å². The Kier molecular flexibility index (Phi) is 7.07. The van der Waals surface area contributed by atoms with E-state index in [0.29, 0.717) is 18.7 Å². The topological polar surface area (TPSA) is 70.8 Å². The van der Waals surface area contributed by atoms with Crippen molar-refractivity contribution in [1.29, 1.82) is 0 Å². The van der Waals surface area contributed by atoms with Gasteiger partial charge in [-0.2, -0.15) is 0 Å². The monoisotopic (exact) mass is 377 g/mol. The van der Waals surface area contributed by atoms with E-state index in [1.165, 1.54) is 19.4 Å². The zero-order chi connectivity index (χ0) is 19.2. The highest BCUT2D eigenvalue weighted by molar-refractivity contribution is 5.79. The number of aryl methyl sites for hydroxylation is 1. The standard InChI is InChI=1S/C19H35N7O/c1-5-26-10-6-8-16(26)14-24(3)19(20-12-17-9-7-11-27-17)21-13-18-23-22-15(2)25(18)4/h16-17H,5-14H2,1-4H3,(H,20,21). The van der Waals surface area contributed by atoms with Crippen LogP contribution in [0.2, 0.25) is 0 Å². The fourth-order valence-corrected chi connectivity index (χ4v) is 3.98. The average molecular weight is 378 g/mol. The van der Waals surface area contributed by atoms with Crippen LogP contribution in [-0.4, -0.2) is 82.5 Å². The van der Waals surface area contributed by atoms with Gasteiger partial charge in [0.25, 0.3) is 0 Å². The molecule has 1 N–H and O–H groups in total. The molecule has 2 fully saturated rings. The predicted molar refractivity (Wildman–Crippen MR) is 107 cm³/mol. The lowest BCUT2D eigenvalue weighted by Gasteiger charge is -2.30. The zero-order valence-electron chi connectivity index (χ0n) is 17.3. The van der Waals surface area contributed by atoms with Crippen LogP contribution < -0.4 is 5.32 Å². The number of nitrogens with zero attached hydrogens (tertiary/aromatic N) is 6. The van der Waals surface area contributed by atoms with E-state index in [2.05, 4.69) is 39.3 Å². The first kappa shape index (κ1) is 20.1. The van der Waals surface area contributed by atoms with Crippen LogP contribution in [0.4, 0.5) is 0 Å². The molecule has 2 atom stereocenters. The van der Waals surface area contributed by atoms with E-state index < -0.39 is 0 Å². The molecular formula is C19H35N7O. The Labute approximate surface area is 163 Å². The second-order valence-electron chi connectivity index (χ2n) is 7.68. The summed E-state index contributed by atoms with van der Waals surface area (Å²) in [6, 6.07) is 0.604. The van der Waals surface area contributed by atoms with Crippen LogP contribution in [0.25, 0.3) is 0 Å². The number of hydrogen-bond donors (Lipinski definition) is 1. The Bertz CT molecular complexity index is 624. The maximum absolute atomic E-state index is 5.77. The first-order valence-corrected chi connectivity index (χ1v) is 10.3. The molecule has 3 rings (SSSR count). The number of aromatic nitrogens is 3. The Morgan fingerprint density at radius 1 is 1.33 bits per heavy atom. The van der Waals surface area contributed by atoms with E-state index >= 15 is 0 Å². The van der Waals surface area contributed by atoms with Crippen LogP contribution in [0.5, 0.6) is 0 Å². The van der Waals surface area contributed by atoms with Crippen molar-refractivity contribution in [3.05, 3.63) is 11.6 Å². The van der Waals surface area contributed by atoms with Crippen LogP contribution in [0, 0.1) is 6.92 Å². The first-order valence-electron chi connectivity index (χ1n) is 10.3. The highest BCUT2D eigenvalue weighted by Crippen LogP contribution is 2.17. The van der Waals surface area contributed by atoms with Crippen molar-refractivity contribution < 1.29 is 4.74 Å². The molecule has 0 radical (unpaired) electrons. The molecule has 0 spiro atoms. The number of nitrogens with one attached hydrogen (secondary N) is 1. The van der Waals surface area contributed by atoms with E-state index in [0.717, 1.165) is 56.7 Å². The maximum Gasteiger partial charge on any atom is 0.194 e. The van der Waals surface area contributed by atoms with E-state index in [1.807, 2.05) is 18.5 Å². The lowest BCUT2D eigenvalue weighted by Crippen LogP contribution is -2.47. The predicted octanol–water partition coefficient (Wildman–Crippen LogP) is 1.16. The van der Waals surface area contributed by atoms with Gasteiger partial charge in [-0.05, 0) is 45.7 Å². The molecule has 0 aromatic carbocycles. The molecule has 1 aromatic rings. The van der Waals surface area contributed by atoms with E-state index in [1.54, 1.807) is 0 Å². The fraction of sp³-hybridized carbons (Fsp3) is 0.842. The van der Waals surface area contributed by atoms with Gasteiger partial charge < -0.3 is 19.5 Å².